The van der Waals surface area contributed by atoms with Gasteiger partial charge >= 0.3 is 0 Å². The van der Waals surface area contributed by atoms with E-state index in [0.29, 0.717) is 30.0 Å². The molecule has 0 saturated carbocycles. The maximum atomic E-state index is 12.9. The zero-order valence-corrected chi connectivity index (χ0v) is 9.66. The second-order valence-corrected chi connectivity index (χ2v) is 3.93. The van der Waals surface area contributed by atoms with Gasteiger partial charge in [-0.1, -0.05) is 0 Å². The van der Waals surface area contributed by atoms with E-state index in [2.05, 4.69) is 10.3 Å². The molecule has 0 radical (unpaired) electrons. The highest BCUT2D eigenvalue weighted by Gasteiger charge is 2.00. The largest absolute Gasteiger partial charge is 0.397 e. The van der Waals surface area contributed by atoms with Crippen molar-refractivity contribution < 1.29 is 8.78 Å². The Morgan fingerprint density at radius 2 is 1.83 bits per heavy atom. The molecule has 3 nitrogen and oxygen atoms in total. The van der Waals surface area contributed by atoms with Crippen molar-refractivity contribution >= 4 is 11.5 Å². The lowest BCUT2D eigenvalue weighted by atomic mass is 10.1. The van der Waals surface area contributed by atoms with Crippen LogP contribution in [0.5, 0.6) is 0 Å². The van der Waals surface area contributed by atoms with E-state index in [9.17, 15) is 8.78 Å². The molecule has 0 saturated heterocycles. The Balaban J connectivity index is 1.90. The molecule has 1 heterocycles. The number of nitrogens with one attached hydrogen (secondary N) is 1. The van der Waals surface area contributed by atoms with Crippen molar-refractivity contribution in [1.82, 2.24) is 4.98 Å². The molecule has 0 fully saturated rings. The van der Waals surface area contributed by atoms with Crippen LogP contribution in [0.15, 0.2) is 36.5 Å². The predicted octanol–water partition coefficient (Wildman–Crippen LogP) is 2.60. The monoisotopic (exact) mass is 249 g/mol. The van der Waals surface area contributed by atoms with Crippen LogP contribution in [0.2, 0.25) is 0 Å². The van der Waals surface area contributed by atoms with E-state index in [0.717, 1.165) is 6.07 Å². The van der Waals surface area contributed by atoms with Crippen molar-refractivity contribution in [2.45, 2.75) is 6.42 Å². The first-order chi connectivity index (χ1) is 8.63. The molecule has 0 amide bonds. The van der Waals surface area contributed by atoms with Gasteiger partial charge in [-0.3, -0.25) is 0 Å². The smallest absolute Gasteiger partial charge is 0.126 e. The lowest BCUT2D eigenvalue weighted by Gasteiger charge is -2.06. The van der Waals surface area contributed by atoms with Crippen LogP contribution in [0.1, 0.15) is 5.56 Å². The number of nitrogens with two attached hydrogens (primary N) is 1. The van der Waals surface area contributed by atoms with Crippen LogP contribution in [0.25, 0.3) is 0 Å². The van der Waals surface area contributed by atoms with Gasteiger partial charge in [-0.2, -0.15) is 0 Å². The van der Waals surface area contributed by atoms with Crippen LogP contribution in [-0.4, -0.2) is 11.5 Å². The normalized spacial score (nSPS) is 10.3. The first-order valence-corrected chi connectivity index (χ1v) is 5.54. The standard InChI is InChI=1S/C13H13F2N3/c14-10-5-9(6-11(15)7-10)3-4-17-13-2-1-12(16)8-18-13/h1-2,5-8H,3-4,16H2,(H,17,18). The molecule has 94 valence electrons. The molecule has 0 aliphatic carbocycles. The van der Waals surface area contributed by atoms with Crippen molar-refractivity contribution in [3.05, 3.63) is 53.7 Å². The Kier molecular flexibility index (Phi) is 3.72. The highest BCUT2D eigenvalue weighted by Crippen LogP contribution is 2.10. The van der Waals surface area contributed by atoms with Crippen molar-refractivity contribution in [1.29, 1.82) is 0 Å². The van der Waals surface area contributed by atoms with Gasteiger partial charge in [0.25, 0.3) is 0 Å². The zero-order valence-electron chi connectivity index (χ0n) is 9.66. The third-order valence-corrected chi connectivity index (χ3v) is 2.43. The maximum Gasteiger partial charge on any atom is 0.126 e. The molecule has 18 heavy (non-hydrogen) atoms. The molecule has 0 aliphatic heterocycles. The van der Waals surface area contributed by atoms with Gasteiger partial charge in [0.05, 0.1) is 11.9 Å². The summed E-state index contributed by atoms with van der Waals surface area (Å²) in [6.07, 6.45) is 2.06. The summed E-state index contributed by atoms with van der Waals surface area (Å²) in [7, 11) is 0. The number of hydrogen-bond donors (Lipinski definition) is 2. The molecular formula is C13H13F2N3. The number of aromatic nitrogens is 1. The number of anilines is 2. The number of hydrogen-bond acceptors (Lipinski definition) is 3. The zero-order chi connectivity index (χ0) is 13.0. The van der Waals surface area contributed by atoms with Gasteiger partial charge in [-0.05, 0) is 36.2 Å². The van der Waals surface area contributed by atoms with Crippen LogP contribution >= 0.6 is 0 Å². The summed E-state index contributed by atoms with van der Waals surface area (Å²) in [5.74, 6) is -0.438. The molecule has 0 bridgehead atoms. The van der Waals surface area contributed by atoms with Gasteiger partial charge in [0.1, 0.15) is 17.5 Å². The first-order valence-electron chi connectivity index (χ1n) is 5.54. The van der Waals surface area contributed by atoms with Crippen LogP contribution in [0.3, 0.4) is 0 Å². The fourth-order valence-electron chi connectivity index (χ4n) is 1.60. The van der Waals surface area contributed by atoms with Crippen LogP contribution in [0.4, 0.5) is 20.3 Å². The van der Waals surface area contributed by atoms with Gasteiger partial charge in [-0.25, -0.2) is 13.8 Å². The lowest BCUT2D eigenvalue weighted by molar-refractivity contribution is 0.580. The van der Waals surface area contributed by atoms with Crippen LogP contribution in [0, 0.1) is 11.6 Å². The van der Waals surface area contributed by atoms with Gasteiger partial charge in [0.15, 0.2) is 0 Å². The Hall–Kier alpha value is -2.17. The van der Waals surface area contributed by atoms with Gasteiger partial charge in [0.2, 0.25) is 0 Å². The number of pyridine rings is 1. The number of halogens is 2. The SMILES string of the molecule is Nc1ccc(NCCc2cc(F)cc(F)c2)nc1. The minimum Gasteiger partial charge on any atom is -0.397 e. The Bertz CT molecular complexity index is 506. The summed E-state index contributed by atoms with van der Waals surface area (Å²) in [6.45, 7) is 0.541. The average Bonchev–Trinajstić information content (AvgIpc) is 2.30. The highest BCUT2D eigenvalue weighted by molar-refractivity contribution is 5.43. The van der Waals surface area contributed by atoms with E-state index in [1.54, 1.807) is 18.3 Å². The first kappa shape index (κ1) is 12.3. The summed E-state index contributed by atoms with van der Waals surface area (Å²) in [6, 6.07) is 6.99. The van der Waals surface area contributed by atoms with Crippen molar-refractivity contribution in [2.24, 2.45) is 0 Å². The molecule has 0 unspecified atom stereocenters. The van der Waals surface area contributed by atoms with Gasteiger partial charge in [0, 0.05) is 12.6 Å². The minimum atomic E-state index is -0.560. The molecule has 0 aliphatic rings. The van der Waals surface area contributed by atoms with E-state index in [4.69, 9.17) is 5.73 Å². The quantitative estimate of drug-likeness (QED) is 0.875. The van der Waals surface area contributed by atoms with Crippen molar-refractivity contribution in [3.8, 4) is 0 Å². The lowest BCUT2D eigenvalue weighted by Crippen LogP contribution is -2.06. The second kappa shape index (κ2) is 5.44. The summed E-state index contributed by atoms with van der Waals surface area (Å²) in [5.41, 5.74) is 6.70. The van der Waals surface area contributed by atoms with E-state index < -0.39 is 11.6 Å². The summed E-state index contributed by atoms with van der Waals surface area (Å²) >= 11 is 0. The third-order valence-electron chi connectivity index (χ3n) is 2.43. The molecular weight excluding hydrogens is 236 g/mol. The van der Waals surface area contributed by atoms with Gasteiger partial charge in [-0.15, -0.1) is 0 Å². The molecule has 1 aromatic carbocycles. The van der Waals surface area contributed by atoms with Crippen LogP contribution in [-0.2, 0) is 6.42 Å². The molecule has 0 atom stereocenters. The van der Waals surface area contributed by atoms with Crippen molar-refractivity contribution in [3.63, 3.8) is 0 Å². The number of benzene rings is 1. The second-order valence-electron chi connectivity index (χ2n) is 3.93. The molecule has 2 rings (SSSR count). The molecule has 5 heteroatoms. The van der Waals surface area contributed by atoms with E-state index in [-0.39, 0.29) is 0 Å². The number of rotatable bonds is 4. The number of nitrogens with zero attached hydrogens (tertiary/aromatic N) is 1. The summed E-state index contributed by atoms with van der Waals surface area (Å²) in [5, 5.41) is 3.05. The molecule has 0 spiro atoms. The maximum absolute atomic E-state index is 12.9. The van der Waals surface area contributed by atoms with E-state index in [1.165, 1.54) is 12.1 Å². The third kappa shape index (κ3) is 3.41. The predicted molar refractivity (Wildman–Crippen MR) is 67.2 cm³/mol. The van der Waals surface area contributed by atoms with E-state index >= 15 is 0 Å². The fourth-order valence-corrected chi connectivity index (χ4v) is 1.60. The summed E-state index contributed by atoms with van der Waals surface area (Å²) in [4.78, 5) is 4.06. The Morgan fingerprint density at radius 3 is 2.44 bits per heavy atom. The molecule has 1 aromatic heterocycles. The highest BCUT2D eigenvalue weighted by atomic mass is 19.1. The average molecular weight is 249 g/mol. The molecule has 3 N–H and O–H groups in total. The van der Waals surface area contributed by atoms with Gasteiger partial charge < -0.3 is 11.1 Å². The minimum absolute atomic E-state index is 0.515. The van der Waals surface area contributed by atoms with E-state index in [1.807, 2.05) is 0 Å². The Labute approximate surface area is 104 Å². The fraction of sp³-hybridized carbons (Fsp3) is 0.154. The van der Waals surface area contributed by atoms with Crippen molar-refractivity contribution in [2.75, 3.05) is 17.6 Å². The molecule has 2 aromatic rings. The number of nitrogen functional groups attached to an aromatic ring is 1. The summed E-state index contributed by atoms with van der Waals surface area (Å²) < 4.78 is 25.9. The topological polar surface area (TPSA) is 50.9 Å². The Morgan fingerprint density at radius 1 is 1.11 bits per heavy atom. The van der Waals surface area contributed by atoms with Crippen LogP contribution < -0.4 is 11.1 Å².